The largest absolute Gasteiger partial charge is 0.481 e. The number of amides is 1. The van der Waals surface area contributed by atoms with Crippen molar-refractivity contribution in [3.8, 4) is 0 Å². The quantitative estimate of drug-likeness (QED) is 0.629. The van der Waals surface area contributed by atoms with Crippen LogP contribution in [0.5, 0.6) is 0 Å². The average molecular weight is 298 g/mol. The number of carbonyl (C=O) groups excluding carboxylic acids is 1. The van der Waals surface area contributed by atoms with Gasteiger partial charge in [-0.05, 0) is 32.6 Å². The number of rotatable bonds is 7. The second-order valence-electron chi connectivity index (χ2n) is 6.51. The zero-order valence-electron chi connectivity index (χ0n) is 13.3. The third kappa shape index (κ3) is 6.46. The topological polar surface area (TPSA) is 92.4 Å². The molecule has 1 rings (SSSR count). The van der Waals surface area contributed by atoms with Gasteiger partial charge in [0, 0.05) is 18.0 Å². The number of aliphatic carboxylic acids is 1. The van der Waals surface area contributed by atoms with Gasteiger partial charge in [0.1, 0.15) is 0 Å². The normalized spacial score (nSPS) is 25.7. The Morgan fingerprint density at radius 3 is 2.48 bits per heavy atom. The van der Waals surface area contributed by atoms with Crippen LogP contribution in [0.25, 0.3) is 0 Å². The second-order valence-corrected chi connectivity index (χ2v) is 6.51. The molecule has 1 aliphatic rings. The molecule has 1 fully saturated rings. The van der Waals surface area contributed by atoms with Crippen molar-refractivity contribution in [3.05, 3.63) is 0 Å². The molecule has 4 N–H and O–H groups in total. The van der Waals surface area contributed by atoms with Crippen LogP contribution in [0.15, 0.2) is 0 Å². The van der Waals surface area contributed by atoms with Gasteiger partial charge in [0.05, 0.1) is 5.92 Å². The summed E-state index contributed by atoms with van der Waals surface area (Å²) in [6.07, 6.45) is 7.08. The third-order valence-corrected chi connectivity index (χ3v) is 4.40. The van der Waals surface area contributed by atoms with Gasteiger partial charge >= 0.3 is 5.97 Å². The van der Waals surface area contributed by atoms with E-state index in [1.165, 1.54) is 0 Å². The molecule has 4 unspecified atom stereocenters. The Bertz CT molecular complexity index is 344. The molecule has 0 radical (unpaired) electrons. The first-order chi connectivity index (χ1) is 9.91. The SMILES string of the molecule is CC(N)CCCC(C)C(=O)NC1CCCCCC1C(=O)O. The summed E-state index contributed by atoms with van der Waals surface area (Å²) in [7, 11) is 0. The summed E-state index contributed by atoms with van der Waals surface area (Å²) in [4.78, 5) is 23.6. The zero-order valence-corrected chi connectivity index (χ0v) is 13.3. The number of carboxylic acid groups (broad SMARTS) is 1. The zero-order chi connectivity index (χ0) is 15.8. The molecule has 0 bridgehead atoms. The number of carbonyl (C=O) groups is 2. The maximum absolute atomic E-state index is 12.2. The predicted molar refractivity (Wildman–Crippen MR) is 82.8 cm³/mol. The fraction of sp³-hybridized carbons (Fsp3) is 0.875. The van der Waals surface area contributed by atoms with Crippen molar-refractivity contribution in [2.24, 2.45) is 17.6 Å². The van der Waals surface area contributed by atoms with Crippen LogP contribution in [0, 0.1) is 11.8 Å². The van der Waals surface area contributed by atoms with Crippen LogP contribution < -0.4 is 11.1 Å². The van der Waals surface area contributed by atoms with E-state index in [4.69, 9.17) is 5.73 Å². The second kappa shape index (κ2) is 9.03. The lowest BCUT2D eigenvalue weighted by Gasteiger charge is -2.24. The molecule has 0 heterocycles. The molecule has 4 atom stereocenters. The van der Waals surface area contributed by atoms with Crippen molar-refractivity contribution in [2.45, 2.75) is 77.3 Å². The first kappa shape index (κ1) is 18.0. The van der Waals surface area contributed by atoms with Gasteiger partial charge < -0.3 is 16.2 Å². The lowest BCUT2D eigenvalue weighted by molar-refractivity contribution is -0.143. The molecule has 122 valence electrons. The van der Waals surface area contributed by atoms with E-state index in [1.54, 1.807) is 0 Å². The van der Waals surface area contributed by atoms with Crippen molar-refractivity contribution < 1.29 is 14.7 Å². The Kier molecular flexibility index (Phi) is 7.72. The van der Waals surface area contributed by atoms with Crippen molar-refractivity contribution in [1.29, 1.82) is 0 Å². The highest BCUT2D eigenvalue weighted by molar-refractivity contribution is 5.80. The summed E-state index contributed by atoms with van der Waals surface area (Å²) < 4.78 is 0. The van der Waals surface area contributed by atoms with E-state index in [-0.39, 0.29) is 23.9 Å². The molecule has 0 aromatic heterocycles. The Balaban J connectivity index is 2.47. The van der Waals surface area contributed by atoms with E-state index >= 15 is 0 Å². The molecule has 0 aromatic rings. The van der Waals surface area contributed by atoms with Gasteiger partial charge in [-0.25, -0.2) is 0 Å². The summed E-state index contributed by atoms with van der Waals surface area (Å²) in [5.74, 6) is -1.32. The molecule has 5 nitrogen and oxygen atoms in total. The Hall–Kier alpha value is -1.10. The molecule has 21 heavy (non-hydrogen) atoms. The van der Waals surface area contributed by atoms with Gasteiger partial charge in [0.25, 0.3) is 0 Å². The molecular weight excluding hydrogens is 268 g/mol. The molecule has 1 amide bonds. The number of nitrogens with two attached hydrogens (primary N) is 1. The highest BCUT2D eigenvalue weighted by Gasteiger charge is 2.31. The summed E-state index contributed by atoms with van der Waals surface area (Å²) in [6.45, 7) is 3.87. The summed E-state index contributed by atoms with van der Waals surface area (Å²) in [6, 6.07) is -0.0492. The van der Waals surface area contributed by atoms with Gasteiger partial charge in [0.2, 0.25) is 5.91 Å². The molecule has 0 aromatic carbocycles. The van der Waals surface area contributed by atoms with Crippen molar-refractivity contribution in [2.75, 3.05) is 0 Å². The van der Waals surface area contributed by atoms with Crippen molar-refractivity contribution >= 4 is 11.9 Å². The molecule has 1 saturated carbocycles. The summed E-state index contributed by atoms with van der Waals surface area (Å²) in [5.41, 5.74) is 5.71. The first-order valence-electron chi connectivity index (χ1n) is 8.20. The minimum Gasteiger partial charge on any atom is -0.481 e. The first-order valence-corrected chi connectivity index (χ1v) is 8.20. The van der Waals surface area contributed by atoms with Gasteiger partial charge in [-0.2, -0.15) is 0 Å². The third-order valence-electron chi connectivity index (χ3n) is 4.40. The smallest absolute Gasteiger partial charge is 0.308 e. The number of carboxylic acids is 1. The van der Waals surface area contributed by atoms with Crippen LogP contribution in [-0.4, -0.2) is 29.1 Å². The van der Waals surface area contributed by atoms with Crippen molar-refractivity contribution in [3.63, 3.8) is 0 Å². The monoisotopic (exact) mass is 298 g/mol. The van der Waals surface area contributed by atoms with E-state index in [9.17, 15) is 14.7 Å². The number of hydrogen-bond acceptors (Lipinski definition) is 3. The van der Waals surface area contributed by atoms with Crippen LogP contribution in [0.1, 0.15) is 65.2 Å². The molecule has 0 saturated heterocycles. The van der Waals surface area contributed by atoms with E-state index < -0.39 is 11.9 Å². The van der Waals surface area contributed by atoms with E-state index in [2.05, 4.69) is 5.32 Å². The lowest BCUT2D eigenvalue weighted by atomic mass is 9.93. The minimum absolute atomic E-state index is 0.0159. The highest BCUT2D eigenvalue weighted by Crippen LogP contribution is 2.24. The average Bonchev–Trinajstić information content (AvgIpc) is 2.63. The van der Waals surface area contributed by atoms with Crippen LogP contribution in [0.2, 0.25) is 0 Å². The van der Waals surface area contributed by atoms with E-state index in [0.717, 1.165) is 44.9 Å². The highest BCUT2D eigenvalue weighted by atomic mass is 16.4. The van der Waals surface area contributed by atoms with Crippen molar-refractivity contribution in [1.82, 2.24) is 5.32 Å². The maximum Gasteiger partial charge on any atom is 0.308 e. The fourth-order valence-electron chi connectivity index (χ4n) is 2.98. The lowest BCUT2D eigenvalue weighted by Crippen LogP contribution is -2.44. The molecule has 5 heteroatoms. The van der Waals surface area contributed by atoms with E-state index in [1.807, 2.05) is 13.8 Å². The Morgan fingerprint density at radius 1 is 1.19 bits per heavy atom. The predicted octanol–water partition coefficient (Wildman–Crippen LogP) is 2.29. The maximum atomic E-state index is 12.2. The van der Waals surface area contributed by atoms with Gasteiger partial charge in [-0.15, -0.1) is 0 Å². The Morgan fingerprint density at radius 2 is 1.86 bits per heavy atom. The molecular formula is C16H30N2O3. The van der Waals surface area contributed by atoms with Gasteiger partial charge in [-0.3, -0.25) is 9.59 Å². The van der Waals surface area contributed by atoms with Crippen LogP contribution in [0.3, 0.4) is 0 Å². The van der Waals surface area contributed by atoms with Crippen LogP contribution >= 0.6 is 0 Å². The number of hydrogen-bond donors (Lipinski definition) is 3. The minimum atomic E-state index is -0.785. The van der Waals surface area contributed by atoms with Gasteiger partial charge in [-0.1, -0.05) is 32.6 Å². The summed E-state index contributed by atoms with van der Waals surface area (Å²) in [5, 5.41) is 12.3. The van der Waals surface area contributed by atoms with Gasteiger partial charge in [0.15, 0.2) is 0 Å². The molecule has 0 aliphatic heterocycles. The molecule has 0 spiro atoms. The number of nitrogens with one attached hydrogen (secondary N) is 1. The Labute approximate surface area is 127 Å². The van der Waals surface area contributed by atoms with Crippen LogP contribution in [0.4, 0.5) is 0 Å². The standard InChI is InChI=1S/C16H30N2O3/c1-11(7-6-8-12(2)17)15(19)18-14-10-5-3-4-9-13(14)16(20)21/h11-14H,3-10,17H2,1-2H3,(H,18,19)(H,20,21). The van der Waals surface area contributed by atoms with E-state index in [0.29, 0.717) is 6.42 Å². The fourth-order valence-corrected chi connectivity index (χ4v) is 2.98. The van der Waals surface area contributed by atoms with Crippen LogP contribution in [-0.2, 0) is 9.59 Å². The summed E-state index contributed by atoms with van der Waals surface area (Å²) >= 11 is 0. The molecule has 1 aliphatic carbocycles.